The summed E-state index contributed by atoms with van der Waals surface area (Å²) >= 11 is 0. The van der Waals surface area contributed by atoms with Gasteiger partial charge in [-0.1, -0.05) is 12.1 Å². The largest absolute Gasteiger partial charge is 0.418 e. The Morgan fingerprint density at radius 3 is 2.65 bits per heavy atom. The van der Waals surface area contributed by atoms with Crippen molar-refractivity contribution in [3.63, 3.8) is 0 Å². The molecule has 0 saturated carbocycles. The third-order valence-electron chi connectivity index (χ3n) is 2.44. The molecule has 0 bridgehead atoms. The van der Waals surface area contributed by atoms with Gasteiger partial charge in [0.05, 0.1) is 11.3 Å². The Balaban J connectivity index is 2.50. The zero-order valence-electron chi connectivity index (χ0n) is 11.1. The molecule has 0 aliphatic rings. The van der Waals surface area contributed by atoms with Crippen LogP contribution in [-0.4, -0.2) is 25.8 Å². The molecule has 0 unspecified atom stereocenters. The van der Waals surface area contributed by atoms with Crippen molar-refractivity contribution in [3.05, 3.63) is 29.8 Å². The smallest absolute Gasteiger partial charge is 0.382 e. The Morgan fingerprint density at radius 1 is 1.30 bits per heavy atom. The molecular formula is C13H17F3N2O2. The van der Waals surface area contributed by atoms with Gasteiger partial charge in [0.2, 0.25) is 0 Å². The quantitative estimate of drug-likeness (QED) is 0.790. The summed E-state index contributed by atoms with van der Waals surface area (Å²) in [5, 5.41) is 4.67. The minimum Gasteiger partial charge on any atom is -0.382 e. The maximum absolute atomic E-state index is 12.7. The fraction of sp³-hybridized carbons (Fsp3) is 0.462. The van der Waals surface area contributed by atoms with Gasteiger partial charge in [0, 0.05) is 19.8 Å². The third kappa shape index (κ3) is 5.48. The maximum Gasteiger partial charge on any atom is 0.418 e. The highest BCUT2D eigenvalue weighted by molar-refractivity contribution is 5.90. The van der Waals surface area contributed by atoms with E-state index in [1.165, 1.54) is 18.2 Å². The number of benzene rings is 1. The van der Waals surface area contributed by atoms with Crippen LogP contribution in [0.5, 0.6) is 0 Å². The molecule has 2 amide bonds. The highest BCUT2D eigenvalue weighted by atomic mass is 19.4. The van der Waals surface area contributed by atoms with Gasteiger partial charge in [-0.3, -0.25) is 0 Å². The fourth-order valence-corrected chi connectivity index (χ4v) is 1.53. The van der Waals surface area contributed by atoms with Crippen molar-refractivity contribution in [2.45, 2.75) is 19.5 Å². The molecule has 0 aromatic heterocycles. The molecule has 2 N–H and O–H groups in total. The Kier molecular flexibility index (Phi) is 6.30. The Labute approximate surface area is 115 Å². The van der Waals surface area contributed by atoms with Crippen LogP contribution in [-0.2, 0) is 10.9 Å². The van der Waals surface area contributed by atoms with E-state index in [1.54, 1.807) is 0 Å². The second-order valence-corrected chi connectivity index (χ2v) is 3.97. The molecular weight excluding hydrogens is 273 g/mol. The predicted molar refractivity (Wildman–Crippen MR) is 69.6 cm³/mol. The van der Waals surface area contributed by atoms with E-state index in [0.717, 1.165) is 6.07 Å². The van der Waals surface area contributed by atoms with Crippen LogP contribution in [0, 0.1) is 0 Å². The molecule has 1 rings (SSSR count). The standard InChI is InChI=1S/C13H17F3N2O2/c1-2-20-9-5-8-17-12(19)18-11-7-4-3-6-10(11)13(14,15)16/h3-4,6-7H,2,5,8-9H2,1H3,(H2,17,18,19). The minimum atomic E-state index is -4.50. The van der Waals surface area contributed by atoms with Gasteiger partial charge in [0.25, 0.3) is 0 Å². The molecule has 20 heavy (non-hydrogen) atoms. The van der Waals surface area contributed by atoms with Crippen molar-refractivity contribution in [3.8, 4) is 0 Å². The number of carbonyl (C=O) groups is 1. The van der Waals surface area contributed by atoms with Gasteiger partial charge in [0.15, 0.2) is 0 Å². The number of ether oxygens (including phenoxy) is 1. The van der Waals surface area contributed by atoms with Crippen LogP contribution >= 0.6 is 0 Å². The fourth-order valence-electron chi connectivity index (χ4n) is 1.53. The van der Waals surface area contributed by atoms with Crippen molar-refractivity contribution in [2.24, 2.45) is 0 Å². The van der Waals surface area contributed by atoms with Crippen molar-refractivity contribution >= 4 is 11.7 Å². The van der Waals surface area contributed by atoms with E-state index in [1.807, 2.05) is 6.92 Å². The summed E-state index contributed by atoms with van der Waals surface area (Å²) in [6.07, 6.45) is -3.90. The van der Waals surface area contributed by atoms with E-state index in [-0.39, 0.29) is 5.69 Å². The number of nitrogens with one attached hydrogen (secondary N) is 2. The van der Waals surface area contributed by atoms with Gasteiger partial charge in [-0.15, -0.1) is 0 Å². The number of rotatable bonds is 6. The van der Waals surface area contributed by atoms with Crippen LogP contribution < -0.4 is 10.6 Å². The van der Waals surface area contributed by atoms with E-state index in [4.69, 9.17) is 4.74 Å². The number of amides is 2. The first kappa shape index (κ1) is 16.3. The molecule has 0 radical (unpaired) electrons. The van der Waals surface area contributed by atoms with E-state index in [9.17, 15) is 18.0 Å². The zero-order valence-corrected chi connectivity index (χ0v) is 11.1. The Bertz CT molecular complexity index is 436. The van der Waals surface area contributed by atoms with E-state index >= 15 is 0 Å². The molecule has 0 saturated heterocycles. The van der Waals surface area contributed by atoms with Crippen LogP contribution in [0.1, 0.15) is 18.9 Å². The molecule has 1 aromatic carbocycles. The molecule has 0 aliphatic heterocycles. The summed E-state index contributed by atoms with van der Waals surface area (Å²) in [4.78, 5) is 11.5. The van der Waals surface area contributed by atoms with Gasteiger partial charge in [-0.05, 0) is 25.5 Å². The summed E-state index contributed by atoms with van der Waals surface area (Å²) in [7, 11) is 0. The van der Waals surface area contributed by atoms with Gasteiger partial charge in [0.1, 0.15) is 0 Å². The molecule has 0 fully saturated rings. The number of halogens is 3. The second-order valence-electron chi connectivity index (χ2n) is 3.97. The summed E-state index contributed by atoms with van der Waals surface area (Å²) < 4.78 is 43.2. The highest BCUT2D eigenvalue weighted by Gasteiger charge is 2.33. The first-order valence-electron chi connectivity index (χ1n) is 6.24. The predicted octanol–water partition coefficient (Wildman–Crippen LogP) is 3.25. The van der Waals surface area contributed by atoms with Crippen LogP contribution in [0.25, 0.3) is 0 Å². The monoisotopic (exact) mass is 290 g/mol. The lowest BCUT2D eigenvalue weighted by molar-refractivity contribution is -0.136. The normalized spacial score (nSPS) is 11.2. The molecule has 7 heteroatoms. The number of para-hydroxylation sites is 1. The van der Waals surface area contributed by atoms with E-state index in [2.05, 4.69) is 10.6 Å². The molecule has 0 heterocycles. The molecule has 1 aromatic rings. The van der Waals surface area contributed by atoms with Crippen LogP contribution in [0.4, 0.5) is 23.7 Å². The van der Waals surface area contributed by atoms with Crippen LogP contribution in [0.3, 0.4) is 0 Å². The number of alkyl halides is 3. The molecule has 112 valence electrons. The van der Waals surface area contributed by atoms with Crippen molar-refractivity contribution in [2.75, 3.05) is 25.1 Å². The number of hydrogen-bond donors (Lipinski definition) is 2. The van der Waals surface area contributed by atoms with Gasteiger partial charge < -0.3 is 15.4 Å². The van der Waals surface area contributed by atoms with Crippen LogP contribution in [0.2, 0.25) is 0 Å². The number of hydrogen-bond acceptors (Lipinski definition) is 2. The minimum absolute atomic E-state index is 0.262. The second kappa shape index (κ2) is 7.74. The lowest BCUT2D eigenvalue weighted by Crippen LogP contribution is -2.31. The number of carbonyl (C=O) groups excluding carboxylic acids is 1. The topological polar surface area (TPSA) is 50.4 Å². The van der Waals surface area contributed by atoms with Crippen molar-refractivity contribution < 1.29 is 22.7 Å². The van der Waals surface area contributed by atoms with Crippen molar-refractivity contribution in [1.29, 1.82) is 0 Å². The molecule has 0 aliphatic carbocycles. The summed E-state index contributed by atoms with van der Waals surface area (Å²) in [5.74, 6) is 0. The van der Waals surface area contributed by atoms with Gasteiger partial charge >= 0.3 is 12.2 Å². The number of anilines is 1. The summed E-state index contributed by atoms with van der Waals surface area (Å²) in [5.41, 5.74) is -1.13. The molecule has 0 atom stereocenters. The first-order valence-corrected chi connectivity index (χ1v) is 6.24. The lowest BCUT2D eigenvalue weighted by Gasteiger charge is -2.14. The van der Waals surface area contributed by atoms with Crippen LogP contribution in [0.15, 0.2) is 24.3 Å². The van der Waals surface area contributed by atoms with Gasteiger partial charge in [-0.25, -0.2) is 4.79 Å². The van der Waals surface area contributed by atoms with Crippen molar-refractivity contribution in [1.82, 2.24) is 5.32 Å². The average molecular weight is 290 g/mol. The van der Waals surface area contributed by atoms with Gasteiger partial charge in [-0.2, -0.15) is 13.2 Å². The van der Waals surface area contributed by atoms with E-state index in [0.29, 0.717) is 26.2 Å². The average Bonchev–Trinajstić information content (AvgIpc) is 2.38. The number of urea groups is 1. The SMILES string of the molecule is CCOCCCNC(=O)Nc1ccccc1C(F)(F)F. The lowest BCUT2D eigenvalue weighted by atomic mass is 10.1. The first-order chi connectivity index (χ1) is 9.45. The highest BCUT2D eigenvalue weighted by Crippen LogP contribution is 2.34. The summed E-state index contributed by atoms with van der Waals surface area (Å²) in [6, 6.07) is 4.17. The maximum atomic E-state index is 12.7. The summed E-state index contributed by atoms with van der Waals surface area (Å²) in [6.45, 7) is 3.27. The molecule has 4 nitrogen and oxygen atoms in total. The Hall–Kier alpha value is -1.76. The van der Waals surface area contributed by atoms with E-state index < -0.39 is 17.8 Å². The molecule has 0 spiro atoms. The third-order valence-corrected chi connectivity index (χ3v) is 2.44. The Morgan fingerprint density at radius 2 is 2.00 bits per heavy atom. The zero-order chi connectivity index (χ0) is 15.0.